The van der Waals surface area contributed by atoms with Crippen LogP contribution >= 0.6 is 11.6 Å². The minimum atomic E-state index is 0.751. The van der Waals surface area contributed by atoms with E-state index in [-0.39, 0.29) is 0 Å². The molecule has 0 atom stereocenters. The summed E-state index contributed by atoms with van der Waals surface area (Å²) in [4.78, 5) is 4.70. The van der Waals surface area contributed by atoms with E-state index in [1.807, 2.05) is 33.2 Å². The molecule has 4 nitrogen and oxygen atoms in total. The van der Waals surface area contributed by atoms with E-state index in [2.05, 4.69) is 20.5 Å². The highest BCUT2D eigenvalue weighted by Crippen LogP contribution is 2.25. The Kier molecular flexibility index (Phi) is 2.57. The molecule has 0 amide bonds. The summed E-state index contributed by atoms with van der Waals surface area (Å²) in [6, 6.07) is 3.91. The molecule has 94 valence electrons. The van der Waals surface area contributed by atoms with Crippen LogP contribution in [0.25, 0.3) is 16.8 Å². The Bertz CT molecular complexity index is 738. The maximum Gasteiger partial charge on any atom is 0.214 e. The summed E-state index contributed by atoms with van der Waals surface area (Å²) >= 11 is 6.13. The third-order valence-corrected chi connectivity index (χ3v) is 3.52. The number of fused-ring (bicyclic) bond motifs is 3. The van der Waals surface area contributed by atoms with Crippen LogP contribution in [0.3, 0.4) is 0 Å². The summed E-state index contributed by atoms with van der Waals surface area (Å²) in [6.45, 7) is 2.86. The zero-order valence-electron chi connectivity index (χ0n) is 10.7. The molecule has 0 bridgehead atoms. The van der Waals surface area contributed by atoms with Crippen molar-refractivity contribution in [2.45, 2.75) is 13.5 Å². The molecule has 0 unspecified atom stereocenters. The molecule has 5 heteroatoms. The number of nitrogens with zero attached hydrogens (tertiary/aromatic N) is 3. The Morgan fingerprint density at radius 2 is 2.17 bits per heavy atom. The van der Waals surface area contributed by atoms with Gasteiger partial charge in [0.2, 0.25) is 5.78 Å². The number of imidazole rings is 2. The quantitative estimate of drug-likeness (QED) is 0.770. The van der Waals surface area contributed by atoms with Crippen molar-refractivity contribution in [1.29, 1.82) is 0 Å². The third-order valence-electron chi connectivity index (χ3n) is 3.30. The summed E-state index contributed by atoms with van der Waals surface area (Å²) in [5.74, 6) is 0.945. The fraction of sp³-hybridized carbons (Fsp3) is 0.308. The van der Waals surface area contributed by atoms with Crippen LogP contribution in [0.1, 0.15) is 11.3 Å². The Morgan fingerprint density at radius 1 is 1.39 bits per heavy atom. The predicted molar refractivity (Wildman–Crippen MR) is 74.2 cm³/mol. The van der Waals surface area contributed by atoms with Crippen molar-refractivity contribution in [3.63, 3.8) is 0 Å². The number of hydrogen-bond donors (Lipinski definition) is 1. The predicted octanol–water partition coefficient (Wildman–Crippen LogP) is 2.51. The van der Waals surface area contributed by atoms with Crippen LogP contribution in [0.5, 0.6) is 0 Å². The van der Waals surface area contributed by atoms with Gasteiger partial charge in [-0.15, -0.1) is 0 Å². The lowest BCUT2D eigenvalue weighted by molar-refractivity contribution is 0.742. The zero-order valence-corrected chi connectivity index (χ0v) is 11.4. The van der Waals surface area contributed by atoms with Gasteiger partial charge in [0.1, 0.15) is 0 Å². The van der Waals surface area contributed by atoms with Crippen LogP contribution in [0, 0.1) is 6.92 Å². The van der Waals surface area contributed by atoms with E-state index in [0.717, 1.165) is 33.9 Å². The molecule has 18 heavy (non-hydrogen) atoms. The van der Waals surface area contributed by atoms with Crippen molar-refractivity contribution in [3.05, 3.63) is 34.6 Å². The maximum absolute atomic E-state index is 6.13. The molecule has 2 aromatic heterocycles. The van der Waals surface area contributed by atoms with Gasteiger partial charge in [-0.1, -0.05) is 11.6 Å². The van der Waals surface area contributed by atoms with Gasteiger partial charge < -0.3 is 9.88 Å². The summed E-state index contributed by atoms with van der Waals surface area (Å²) in [5, 5.41) is 3.91. The highest BCUT2D eigenvalue weighted by molar-refractivity contribution is 6.31. The average molecular weight is 263 g/mol. The molecule has 0 aliphatic heterocycles. The van der Waals surface area contributed by atoms with Crippen molar-refractivity contribution < 1.29 is 0 Å². The molecule has 0 fully saturated rings. The maximum atomic E-state index is 6.13. The van der Waals surface area contributed by atoms with Gasteiger partial charge in [-0.3, -0.25) is 4.40 Å². The van der Waals surface area contributed by atoms with Crippen LogP contribution in [-0.4, -0.2) is 21.0 Å². The van der Waals surface area contributed by atoms with Crippen molar-refractivity contribution >= 4 is 28.4 Å². The normalized spacial score (nSPS) is 11.8. The molecule has 0 radical (unpaired) electrons. The average Bonchev–Trinajstić information content (AvgIpc) is 2.80. The number of nitrogens with one attached hydrogen (secondary N) is 1. The summed E-state index contributed by atoms with van der Waals surface area (Å²) in [6.07, 6.45) is 2.11. The molecule has 0 spiro atoms. The van der Waals surface area contributed by atoms with Crippen molar-refractivity contribution in [2.24, 2.45) is 7.05 Å². The molecule has 0 saturated carbocycles. The SMILES string of the molecule is CNCc1cn2c3cc(Cl)cc(C)c3nc2n1C. The first-order valence-corrected chi connectivity index (χ1v) is 6.26. The highest BCUT2D eigenvalue weighted by atomic mass is 35.5. The van der Waals surface area contributed by atoms with E-state index in [1.165, 1.54) is 5.69 Å². The zero-order chi connectivity index (χ0) is 12.9. The monoisotopic (exact) mass is 262 g/mol. The second kappa shape index (κ2) is 4.00. The molecule has 3 rings (SSSR count). The first-order chi connectivity index (χ1) is 8.61. The van der Waals surface area contributed by atoms with Gasteiger partial charge in [-0.05, 0) is 31.7 Å². The van der Waals surface area contributed by atoms with Crippen LogP contribution in [0.2, 0.25) is 5.02 Å². The number of hydrogen-bond acceptors (Lipinski definition) is 2. The summed E-state index contributed by atoms with van der Waals surface area (Å²) < 4.78 is 4.20. The smallest absolute Gasteiger partial charge is 0.214 e. The lowest BCUT2D eigenvalue weighted by atomic mass is 10.2. The van der Waals surface area contributed by atoms with Crippen LogP contribution < -0.4 is 5.32 Å². The Labute approximate surface area is 110 Å². The van der Waals surface area contributed by atoms with E-state index in [0.29, 0.717) is 0 Å². The number of rotatable bonds is 2. The minimum absolute atomic E-state index is 0.751. The fourth-order valence-corrected chi connectivity index (χ4v) is 2.65. The van der Waals surface area contributed by atoms with E-state index >= 15 is 0 Å². The lowest BCUT2D eigenvalue weighted by Crippen LogP contribution is -2.08. The van der Waals surface area contributed by atoms with Crippen LogP contribution in [0.15, 0.2) is 18.3 Å². The number of aromatic nitrogens is 3. The first-order valence-electron chi connectivity index (χ1n) is 5.89. The first kappa shape index (κ1) is 11.6. The molecule has 1 N–H and O–H groups in total. The van der Waals surface area contributed by atoms with Crippen LogP contribution in [0.4, 0.5) is 0 Å². The molecule has 3 aromatic rings. The van der Waals surface area contributed by atoms with Crippen molar-refractivity contribution in [2.75, 3.05) is 7.05 Å². The molecule has 0 saturated heterocycles. The molecule has 1 aromatic carbocycles. The molecule has 2 heterocycles. The fourth-order valence-electron chi connectivity index (χ4n) is 2.38. The van der Waals surface area contributed by atoms with E-state index in [9.17, 15) is 0 Å². The number of halogens is 1. The van der Waals surface area contributed by atoms with Crippen molar-refractivity contribution in [3.8, 4) is 0 Å². The van der Waals surface area contributed by atoms with E-state index < -0.39 is 0 Å². The topological polar surface area (TPSA) is 34.3 Å². The summed E-state index contributed by atoms with van der Waals surface area (Å²) in [7, 11) is 3.97. The van der Waals surface area contributed by atoms with Crippen molar-refractivity contribution in [1.82, 2.24) is 19.3 Å². The molecular formula is C13H15ClN4. The van der Waals surface area contributed by atoms with Gasteiger partial charge in [0.05, 0.1) is 16.7 Å². The molecular weight excluding hydrogens is 248 g/mol. The second-order valence-corrected chi connectivity index (χ2v) is 5.02. The van der Waals surface area contributed by atoms with Gasteiger partial charge in [-0.25, -0.2) is 4.98 Å². The standard InChI is InChI=1S/C13H15ClN4/c1-8-4-9(14)5-11-12(8)16-13-17(3)10(6-15-2)7-18(11)13/h4-5,7,15H,6H2,1-3H3. The van der Waals surface area contributed by atoms with E-state index in [1.54, 1.807) is 0 Å². The highest BCUT2D eigenvalue weighted by Gasteiger charge is 2.13. The number of aryl methyl sites for hydroxylation is 2. The second-order valence-electron chi connectivity index (χ2n) is 4.58. The Hall–Kier alpha value is -1.52. The van der Waals surface area contributed by atoms with Gasteiger partial charge in [0, 0.05) is 24.8 Å². The van der Waals surface area contributed by atoms with Crippen LogP contribution in [-0.2, 0) is 13.6 Å². The van der Waals surface area contributed by atoms with E-state index in [4.69, 9.17) is 16.6 Å². The number of benzene rings is 1. The van der Waals surface area contributed by atoms with Gasteiger partial charge >= 0.3 is 0 Å². The minimum Gasteiger partial charge on any atom is -0.316 e. The van der Waals surface area contributed by atoms with Gasteiger partial charge in [-0.2, -0.15) is 0 Å². The Morgan fingerprint density at radius 3 is 2.89 bits per heavy atom. The lowest BCUT2D eigenvalue weighted by Gasteiger charge is -2.00. The molecule has 0 aliphatic rings. The Balaban J connectivity index is 2.38. The third kappa shape index (κ3) is 1.53. The molecule has 0 aliphatic carbocycles. The van der Waals surface area contributed by atoms with Gasteiger partial charge in [0.25, 0.3) is 0 Å². The largest absolute Gasteiger partial charge is 0.316 e. The summed E-state index contributed by atoms with van der Waals surface area (Å²) in [5.41, 5.74) is 4.38. The van der Waals surface area contributed by atoms with Gasteiger partial charge in [0.15, 0.2) is 0 Å².